The van der Waals surface area contributed by atoms with Gasteiger partial charge in [0.2, 0.25) is 0 Å². The fourth-order valence-corrected chi connectivity index (χ4v) is 2.88. The van der Waals surface area contributed by atoms with Crippen LogP contribution in [0, 0.1) is 0 Å². The van der Waals surface area contributed by atoms with Gasteiger partial charge in [0.05, 0.1) is 18.6 Å². The van der Waals surface area contributed by atoms with Crippen LogP contribution in [-0.4, -0.2) is 22.1 Å². The lowest BCUT2D eigenvalue weighted by molar-refractivity contribution is 0.197. The Labute approximate surface area is 124 Å². The molecule has 0 atom stereocenters. The Balaban J connectivity index is 2.16. The van der Waals surface area contributed by atoms with Crippen molar-refractivity contribution < 1.29 is 18.3 Å². The fourth-order valence-electron chi connectivity index (χ4n) is 1.83. The van der Waals surface area contributed by atoms with E-state index in [0.717, 1.165) is 5.56 Å². The molecule has 21 heavy (non-hydrogen) atoms. The zero-order valence-electron chi connectivity index (χ0n) is 11.6. The number of ether oxygens (including phenoxy) is 1. The van der Waals surface area contributed by atoms with Crippen LogP contribution in [0.25, 0.3) is 0 Å². The van der Waals surface area contributed by atoms with Crippen molar-refractivity contribution in [1.82, 2.24) is 0 Å². The minimum absolute atomic E-state index is 0.159. The Morgan fingerprint density at radius 1 is 1.00 bits per heavy atom. The first-order chi connectivity index (χ1) is 10.0. The zero-order chi connectivity index (χ0) is 15.3. The average molecular weight is 306 g/mol. The third-order valence-electron chi connectivity index (χ3n) is 2.97. The summed E-state index contributed by atoms with van der Waals surface area (Å²) >= 11 is 0. The van der Waals surface area contributed by atoms with Crippen molar-refractivity contribution in [3.8, 4) is 5.75 Å². The molecule has 0 saturated carbocycles. The molecule has 0 fully saturated rings. The maximum absolute atomic E-state index is 12.2. The normalized spacial score (nSPS) is 11.1. The fraction of sp³-hybridized carbons (Fsp3) is 0.200. The molecule has 0 aromatic heterocycles. The summed E-state index contributed by atoms with van der Waals surface area (Å²) < 4.78 is 31.9. The smallest absolute Gasteiger partial charge is 0.261 e. The van der Waals surface area contributed by atoms with Gasteiger partial charge in [-0.1, -0.05) is 12.1 Å². The second-order valence-corrected chi connectivity index (χ2v) is 6.11. The van der Waals surface area contributed by atoms with E-state index in [1.807, 2.05) is 0 Å². The summed E-state index contributed by atoms with van der Waals surface area (Å²) in [4.78, 5) is 0.159. The van der Waals surface area contributed by atoms with Crippen molar-refractivity contribution in [2.45, 2.75) is 11.3 Å². The predicted molar refractivity (Wildman–Crippen MR) is 79.5 cm³/mol. The van der Waals surface area contributed by atoms with Gasteiger partial charge in [-0.25, -0.2) is 13.5 Å². The van der Waals surface area contributed by atoms with Crippen LogP contribution in [0.3, 0.4) is 0 Å². The molecule has 2 rings (SSSR count). The van der Waals surface area contributed by atoms with Crippen LogP contribution >= 0.6 is 0 Å². The summed E-state index contributed by atoms with van der Waals surface area (Å²) in [6.45, 7) is -0.184. The molecule has 0 aliphatic heterocycles. The van der Waals surface area contributed by atoms with Crippen molar-refractivity contribution in [3.05, 3.63) is 54.1 Å². The van der Waals surface area contributed by atoms with E-state index in [-0.39, 0.29) is 11.5 Å². The third-order valence-corrected chi connectivity index (χ3v) is 4.36. The van der Waals surface area contributed by atoms with Gasteiger partial charge in [0.1, 0.15) is 5.75 Å². The average Bonchev–Trinajstić information content (AvgIpc) is 2.49. The molecule has 0 aliphatic carbocycles. The number of anilines is 1. The molecular weight excluding hydrogens is 290 g/mol. The number of methoxy groups -OCH3 is 1. The monoisotopic (exact) mass is 306 g/mol. The van der Waals surface area contributed by atoms with Gasteiger partial charge in [0.25, 0.3) is 10.0 Å². The van der Waals surface area contributed by atoms with Gasteiger partial charge in [0.15, 0.2) is 0 Å². The molecule has 1 radical (unpaired) electrons. The summed E-state index contributed by atoms with van der Waals surface area (Å²) in [6.07, 6.45) is 0.436. The van der Waals surface area contributed by atoms with Gasteiger partial charge in [-0.15, -0.1) is 0 Å². The standard InChI is InChI=1S/C15H16NO4S/c1-20-14-6-8-15(9-7-14)21(18,19)16-13-4-2-12(3-5-13)10-11-17/h2-9,16H,10-11H2,1H3. The van der Waals surface area contributed by atoms with Gasteiger partial charge in [-0.3, -0.25) is 4.72 Å². The Kier molecular flexibility index (Phi) is 4.82. The number of benzene rings is 2. The number of nitrogens with one attached hydrogen (secondary N) is 1. The van der Waals surface area contributed by atoms with Gasteiger partial charge in [-0.2, -0.15) is 0 Å². The van der Waals surface area contributed by atoms with E-state index in [1.54, 1.807) is 36.4 Å². The van der Waals surface area contributed by atoms with Crippen LogP contribution in [0.2, 0.25) is 0 Å². The van der Waals surface area contributed by atoms with Gasteiger partial charge in [-0.05, 0) is 48.4 Å². The first-order valence-electron chi connectivity index (χ1n) is 6.39. The molecule has 0 spiro atoms. The molecule has 0 unspecified atom stereocenters. The summed E-state index contributed by atoms with van der Waals surface area (Å²) in [5.74, 6) is 0.593. The second kappa shape index (κ2) is 6.60. The minimum Gasteiger partial charge on any atom is -0.497 e. The molecule has 111 valence electrons. The van der Waals surface area contributed by atoms with Gasteiger partial charge < -0.3 is 4.74 Å². The highest BCUT2D eigenvalue weighted by molar-refractivity contribution is 7.92. The van der Waals surface area contributed by atoms with E-state index in [2.05, 4.69) is 4.72 Å². The van der Waals surface area contributed by atoms with Crippen LogP contribution in [0.15, 0.2) is 53.4 Å². The number of hydrogen-bond acceptors (Lipinski definition) is 3. The minimum atomic E-state index is -3.63. The van der Waals surface area contributed by atoms with Crippen molar-refractivity contribution in [3.63, 3.8) is 0 Å². The summed E-state index contributed by atoms with van der Waals surface area (Å²) in [6, 6.07) is 12.9. The largest absolute Gasteiger partial charge is 0.497 e. The maximum atomic E-state index is 12.2. The SMILES string of the molecule is COc1ccc(S(=O)(=O)Nc2ccc(CC[O])cc2)cc1. The van der Waals surface area contributed by atoms with E-state index >= 15 is 0 Å². The Morgan fingerprint density at radius 3 is 2.14 bits per heavy atom. The van der Waals surface area contributed by atoms with Gasteiger partial charge >= 0.3 is 0 Å². The number of sulfonamides is 1. The van der Waals surface area contributed by atoms with Crippen molar-refractivity contribution in [1.29, 1.82) is 0 Å². The predicted octanol–water partition coefficient (Wildman–Crippen LogP) is 2.47. The quantitative estimate of drug-likeness (QED) is 0.890. The van der Waals surface area contributed by atoms with Gasteiger partial charge in [0, 0.05) is 5.69 Å². The van der Waals surface area contributed by atoms with Crippen LogP contribution in [-0.2, 0) is 21.6 Å². The molecule has 6 heteroatoms. The van der Waals surface area contributed by atoms with E-state index in [0.29, 0.717) is 17.9 Å². The molecule has 1 N–H and O–H groups in total. The molecule has 0 aliphatic rings. The molecule has 0 heterocycles. The first-order valence-corrected chi connectivity index (χ1v) is 7.87. The molecule has 2 aromatic rings. The lowest BCUT2D eigenvalue weighted by Gasteiger charge is -2.09. The zero-order valence-corrected chi connectivity index (χ0v) is 12.4. The molecular formula is C15H16NO4S. The van der Waals surface area contributed by atoms with Crippen molar-refractivity contribution >= 4 is 15.7 Å². The summed E-state index contributed by atoms with van der Waals surface area (Å²) in [5.41, 5.74) is 1.35. The summed E-state index contributed by atoms with van der Waals surface area (Å²) in [5, 5.41) is 10.5. The van der Waals surface area contributed by atoms with Crippen molar-refractivity contribution in [2.75, 3.05) is 18.4 Å². The summed E-state index contributed by atoms with van der Waals surface area (Å²) in [7, 11) is -2.11. The Bertz CT molecular complexity index is 679. The topological polar surface area (TPSA) is 75.3 Å². The highest BCUT2D eigenvalue weighted by atomic mass is 32.2. The maximum Gasteiger partial charge on any atom is 0.261 e. The van der Waals surface area contributed by atoms with Crippen LogP contribution < -0.4 is 9.46 Å². The molecule has 2 aromatic carbocycles. The second-order valence-electron chi connectivity index (χ2n) is 4.43. The van der Waals surface area contributed by atoms with E-state index < -0.39 is 10.0 Å². The highest BCUT2D eigenvalue weighted by Gasteiger charge is 2.14. The van der Waals surface area contributed by atoms with E-state index in [9.17, 15) is 13.5 Å². The lowest BCUT2D eigenvalue weighted by atomic mass is 10.1. The molecule has 5 nitrogen and oxygen atoms in total. The van der Waals surface area contributed by atoms with E-state index in [4.69, 9.17) is 4.74 Å². The molecule has 0 bridgehead atoms. The van der Waals surface area contributed by atoms with Crippen LogP contribution in [0.4, 0.5) is 5.69 Å². The Hall–Kier alpha value is -2.05. The number of rotatable bonds is 6. The van der Waals surface area contributed by atoms with E-state index in [1.165, 1.54) is 19.2 Å². The molecule has 0 amide bonds. The lowest BCUT2D eigenvalue weighted by Crippen LogP contribution is -2.12. The highest BCUT2D eigenvalue weighted by Crippen LogP contribution is 2.19. The van der Waals surface area contributed by atoms with Crippen molar-refractivity contribution in [2.24, 2.45) is 0 Å². The third kappa shape index (κ3) is 3.96. The molecule has 0 saturated heterocycles. The van der Waals surface area contributed by atoms with Crippen LogP contribution in [0.5, 0.6) is 5.75 Å². The first kappa shape index (κ1) is 15.3. The number of hydrogen-bond donors (Lipinski definition) is 1. The van der Waals surface area contributed by atoms with Crippen LogP contribution in [0.1, 0.15) is 5.56 Å². The Morgan fingerprint density at radius 2 is 1.62 bits per heavy atom.